The van der Waals surface area contributed by atoms with Gasteiger partial charge >= 0.3 is 47.8 Å². The Morgan fingerprint density at radius 1 is 0.283 bits per heavy atom. The average Bonchev–Trinajstić information content (AvgIpc) is 2.72. The molecule has 0 spiro atoms. The zero-order chi connectivity index (χ0) is 31.4. The molecule has 0 aromatic carbocycles. The zero-order valence-corrected chi connectivity index (χ0v) is 41.1. The van der Waals surface area contributed by atoms with Crippen LogP contribution in [0, 0.1) is 0 Å². The summed E-state index contributed by atoms with van der Waals surface area (Å²) in [6.07, 6.45) is 0. The first-order valence-electron chi connectivity index (χ1n) is 11.0. The summed E-state index contributed by atoms with van der Waals surface area (Å²) in [4.78, 5) is 123. The van der Waals surface area contributed by atoms with Crippen molar-refractivity contribution in [1.82, 2.24) is 20.9 Å². The molecule has 0 aromatic heterocycles. The summed E-state index contributed by atoms with van der Waals surface area (Å²) in [7, 11) is 0. The molecule has 0 aliphatic carbocycles. The fourth-order valence-corrected chi connectivity index (χ4v) is 1.91. The smallest absolute Gasteiger partial charge is 0.326 e. The summed E-state index contributed by atoms with van der Waals surface area (Å²) in [5.74, 6) is -5.79. The summed E-state index contributed by atoms with van der Waals surface area (Å²) >= 11 is 0. The molecule has 0 N–H and O–H groups in total. The van der Waals surface area contributed by atoms with Gasteiger partial charge in [0.05, 0.1) is 26.2 Å². The van der Waals surface area contributed by atoms with E-state index in [0.29, 0.717) is 20.9 Å². The Balaban J connectivity index is -0.0000000926. The molecule has 0 unspecified atom stereocenters. The Morgan fingerprint density at radius 2 is 0.370 bits per heavy atom. The third kappa shape index (κ3) is 47.7. The molecule has 20 nitrogen and oxygen atoms in total. The van der Waals surface area contributed by atoms with Gasteiger partial charge in [-0.3, -0.25) is 38.4 Å². The molecule has 26 heteroatoms. The van der Waals surface area contributed by atoms with E-state index in [1.54, 1.807) is 0 Å². The average molecular weight is 722 g/mol. The number of nitrogens with zero attached hydrogens (tertiary/aromatic N) is 4. The second-order valence-electron chi connectivity index (χ2n) is 6.89. The largest absolute Gasteiger partial charge is 0.333 e. The predicted octanol–water partition coefficient (Wildman–Crippen LogP) is -3.28. The molecule has 234 valence electrons. The SMILES string of the molecule is CC(=O)ON(CCN(OC(C)=O)OC(C)=O)OC(C)=O.CC(=O)ON(CCN(OC(C)=O)OC(C)=O)OC(C)=O.[Na].[Na].[Na].[Na].[Na].[Na]. The molecule has 0 heterocycles. The van der Waals surface area contributed by atoms with Crippen molar-refractivity contribution in [3.8, 4) is 0 Å². The van der Waals surface area contributed by atoms with E-state index in [0.717, 1.165) is 55.4 Å². The van der Waals surface area contributed by atoms with Crippen LogP contribution >= 0.6 is 0 Å². The number of hydroxylamine groups is 8. The number of hydrogen-bond acceptors (Lipinski definition) is 20. The van der Waals surface area contributed by atoms with Crippen molar-refractivity contribution >= 4 is 225 Å². The van der Waals surface area contributed by atoms with Gasteiger partial charge in [-0.1, -0.05) is 0 Å². The van der Waals surface area contributed by atoms with Crippen LogP contribution in [0.15, 0.2) is 0 Å². The fourth-order valence-electron chi connectivity index (χ4n) is 1.91. The van der Waals surface area contributed by atoms with Gasteiger partial charge < -0.3 is 38.7 Å². The van der Waals surface area contributed by atoms with E-state index in [1.807, 2.05) is 0 Å². The molecule has 6 radical (unpaired) electrons. The quantitative estimate of drug-likeness (QED) is 0.127. The monoisotopic (exact) mass is 722 g/mol. The van der Waals surface area contributed by atoms with Crippen molar-refractivity contribution in [2.45, 2.75) is 55.4 Å². The third-order valence-electron chi connectivity index (χ3n) is 2.77. The fraction of sp³-hybridized carbons (Fsp3) is 0.600. The minimum absolute atomic E-state index is 0. The van der Waals surface area contributed by atoms with Crippen LogP contribution in [-0.4, -0.2) is 272 Å². The van der Waals surface area contributed by atoms with Crippen molar-refractivity contribution in [2.75, 3.05) is 26.2 Å². The summed E-state index contributed by atoms with van der Waals surface area (Å²) in [6.45, 7) is 7.94. The van der Waals surface area contributed by atoms with Crippen LogP contribution in [0.1, 0.15) is 55.4 Å². The standard InChI is InChI=1S/2C10H16N2O8.6Na/c2*1-7(13)17-11(18-8(2)14)5-6-12(19-9(3)15)20-10(4)16;;;;;;/h2*5-6H2,1-4H3;;;;;;. The Morgan fingerprint density at radius 3 is 0.435 bits per heavy atom. The molecule has 0 aromatic rings. The van der Waals surface area contributed by atoms with E-state index < -0.39 is 47.8 Å². The van der Waals surface area contributed by atoms with E-state index >= 15 is 0 Å². The molecule has 0 bridgehead atoms. The molecule has 0 aliphatic rings. The maximum atomic E-state index is 10.8. The van der Waals surface area contributed by atoms with Gasteiger partial charge in [0, 0.05) is 254 Å². The molecule has 0 aliphatic heterocycles. The Bertz CT molecular complexity index is 729. The molecule has 0 saturated carbocycles. The van der Waals surface area contributed by atoms with Crippen molar-refractivity contribution < 1.29 is 77.1 Å². The molecular weight excluding hydrogens is 690 g/mol. The van der Waals surface area contributed by atoms with Gasteiger partial charge in [-0.15, -0.1) is 0 Å². The summed E-state index contributed by atoms with van der Waals surface area (Å²) in [6, 6.07) is 0. The molecule has 0 amide bonds. The van der Waals surface area contributed by atoms with E-state index in [1.165, 1.54) is 0 Å². The van der Waals surface area contributed by atoms with Crippen molar-refractivity contribution in [1.29, 1.82) is 0 Å². The molecule has 0 saturated heterocycles. The Kier molecular flexibility index (Phi) is 56.4. The number of hydrogen-bond donors (Lipinski definition) is 0. The summed E-state index contributed by atoms with van der Waals surface area (Å²) in [5.41, 5.74) is 0. The van der Waals surface area contributed by atoms with Crippen LogP contribution in [0.25, 0.3) is 0 Å². The third-order valence-corrected chi connectivity index (χ3v) is 2.77. The van der Waals surface area contributed by atoms with Crippen LogP contribution in [0.4, 0.5) is 0 Å². The topological polar surface area (TPSA) is 223 Å². The maximum absolute atomic E-state index is 10.8. The second-order valence-corrected chi connectivity index (χ2v) is 6.89. The van der Waals surface area contributed by atoms with Crippen LogP contribution in [0.5, 0.6) is 0 Å². The van der Waals surface area contributed by atoms with E-state index in [9.17, 15) is 38.4 Å². The number of carbonyl (C=O) groups is 8. The van der Waals surface area contributed by atoms with Gasteiger partial charge in [0.25, 0.3) is 0 Å². The van der Waals surface area contributed by atoms with E-state index in [2.05, 4.69) is 38.7 Å². The zero-order valence-electron chi connectivity index (χ0n) is 29.1. The van der Waals surface area contributed by atoms with Gasteiger partial charge in [0.1, 0.15) is 0 Å². The van der Waals surface area contributed by atoms with Gasteiger partial charge in [0.15, 0.2) is 0 Å². The minimum atomic E-state index is -0.724. The molecule has 46 heavy (non-hydrogen) atoms. The normalized spacial score (nSPS) is 8.78. The summed E-state index contributed by atoms with van der Waals surface area (Å²) < 4.78 is 0. The minimum Gasteiger partial charge on any atom is -0.333 e. The van der Waals surface area contributed by atoms with Gasteiger partial charge in [-0.25, -0.2) is 0 Å². The predicted molar refractivity (Wildman–Crippen MR) is 155 cm³/mol. The number of rotatable bonds is 14. The first-order chi connectivity index (χ1) is 18.4. The Labute approximate surface area is 398 Å². The van der Waals surface area contributed by atoms with E-state index in [4.69, 9.17) is 0 Å². The van der Waals surface area contributed by atoms with E-state index in [-0.39, 0.29) is 204 Å². The number of carbonyl (C=O) groups excluding carboxylic acids is 8. The molecule has 0 fully saturated rings. The summed E-state index contributed by atoms with van der Waals surface area (Å²) in [5, 5.41) is 2.30. The molecule has 0 atom stereocenters. The van der Waals surface area contributed by atoms with Crippen LogP contribution < -0.4 is 0 Å². The van der Waals surface area contributed by atoms with Crippen LogP contribution in [0.2, 0.25) is 0 Å². The molecule has 0 rings (SSSR count). The van der Waals surface area contributed by atoms with Crippen molar-refractivity contribution in [3.63, 3.8) is 0 Å². The maximum Gasteiger partial charge on any atom is 0.326 e. The van der Waals surface area contributed by atoms with Gasteiger partial charge in [0.2, 0.25) is 0 Å². The van der Waals surface area contributed by atoms with Crippen molar-refractivity contribution in [3.05, 3.63) is 0 Å². The first-order valence-corrected chi connectivity index (χ1v) is 11.0. The second kappa shape index (κ2) is 39.4. The Hall–Kier alpha value is 1.60. The molecular formula is C20H32N4Na6O16. The van der Waals surface area contributed by atoms with Gasteiger partial charge in [-0.05, 0) is 0 Å². The van der Waals surface area contributed by atoms with Crippen LogP contribution in [0.3, 0.4) is 0 Å². The van der Waals surface area contributed by atoms with Gasteiger partial charge in [-0.2, -0.15) is 0 Å². The van der Waals surface area contributed by atoms with Crippen LogP contribution in [-0.2, 0) is 77.1 Å². The van der Waals surface area contributed by atoms with Crippen molar-refractivity contribution in [2.24, 2.45) is 0 Å². The first kappa shape index (κ1) is 65.9.